The molecule has 0 atom stereocenters. The van der Waals surface area contributed by atoms with Crippen molar-refractivity contribution >= 4 is 11.7 Å². The van der Waals surface area contributed by atoms with Crippen LogP contribution in [0.2, 0.25) is 0 Å². The first kappa shape index (κ1) is 16.4. The lowest BCUT2D eigenvalue weighted by Gasteiger charge is -2.24. The molecule has 0 fully saturated rings. The molecule has 112 valence electrons. The molecule has 1 rings (SSSR count). The first-order valence-corrected chi connectivity index (χ1v) is 7.03. The van der Waals surface area contributed by atoms with Crippen LogP contribution in [-0.4, -0.2) is 39.9 Å². The largest absolute Gasteiger partial charge is 0.370 e. The number of hydrogen-bond donors (Lipinski definition) is 2. The predicted octanol–water partition coefficient (Wildman–Crippen LogP) is 1.30. The minimum absolute atomic E-state index is 0.207. The van der Waals surface area contributed by atoms with Crippen molar-refractivity contribution in [3.63, 3.8) is 0 Å². The third-order valence-corrected chi connectivity index (χ3v) is 2.89. The van der Waals surface area contributed by atoms with E-state index in [4.69, 9.17) is 5.73 Å². The van der Waals surface area contributed by atoms with E-state index in [2.05, 4.69) is 22.2 Å². The van der Waals surface area contributed by atoms with Crippen molar-refractivity contribution in [2.75, 3.05) is 18.4 Å². The zero-order chi connectivity index (χ0) is 15.1. The lowest BCUT2D eigenvalue weighted by Crippen LogP contribution is -2.38. The Hall–Kier alpha value is -1.69. The molecule has 6 heteroatoms. The number of aromatic nitrogens is 2. The Labute approximate surface area is 120 Å². The summed E-state index contributed by atoms with van der Waals surface area (Å²) in [6.45, 7) is 9.70. The van der Waals surface area contributed by atoms with E-state index in [9.17, 15) is 4.79 Å². The molecule has 0 aliphatic heterocycles. The number of nitrogens with zero attached hydrogens (tertiary/aromatic N) is 3. The molecule has 0 aliphatic carbocycles. The zero-order valence-corrected chi connectivity index (χ0v) is 12.8. The van der Waals surface area contributed by atoms with Crippen molar-refractivity contribution in [2.24, 2.45) is 5.73 Å². The van der Waals surface area contributed by atoms with Gasteiger partial charge in [-0.05, 0) is 27.2 Å². The van der Waals surface area contributed by atoms with Crippen molar-refractivity contribution in [2.45, 2.75) is 46.7 Å². The summed E-state index contributed by atoms with van der Waals surface area (Å²) in [5.41, 5.74) is 6.19. The highest BCUT2D eigenvalue weighted by molar-refractivity contribution is 5.75. The van der Waals surface area contributed by atoms with Crippen molar-refractivity contribution in [1.29, 1.82) is 0 Å². The first-order chi connectivity index (χ1) is 9.42. The van der Waals surface area contributed by atoms with E-state index in [1.807, 2.05) is 31.7 Å². The highest BCUT2D eigenvalue weighted by Crippen LogP contribution is 2.10. The minimum atomic E-state index is -0.337. The molecule has 1 aromatic rings. The van der Waals surface area contributed by atoms with Crippen LogP contribution in [0.25, 0.3) is 0 Å². The topological polar surface area (TPSA) is 84.1 Å². The molecule has 6 nitrogen and oxygen atoms in total. The first-order valence-electron chi connectivity index (χ1n) is 7.03. The van der Waals surface area contributed by atoms with E-state index in [1.165, 1.54) is 0 Å². The second-order valence-corrected chi connectivity index (χ2v) is 5.20. The van der Waals surface area contributed by atoms with Crippen LogP contribution < -0.4 is 11.1 Å². The molecular formula is C14H25N5O. The quantitative estimate of drug-likeness (QED) is 0.749. The average Bonchev–Trinajstić information content (AvgIpc) is 2.34. The van der Waals surface area contributed by atoms with E-state index in [0.717, 1.165) is 24.5 Å². The van der Waals surface area contributed by atoms with Gasteiger partial charge in [-0.15, -0.1) is 0 Å². The number of primary amides is 1. The van der Waals surface area contributed by atoms with Crippen LogP contribution in [0.4, 0.5) is 5.82 Å². The maximum absolute atomic E-state index is 11.1. The lowest BCUT2D eigenvalue weighted by molar-refractivity contribution is -0.119. The zero-order valence-electron chi connectivity index (χ0n) is 12.8. The molecule has 3 N–H and O–H groups in total. The van der Waals surface area contributed by atoms with Crippen LogP contribution >= 0.6 is 0 Å². The van der Waals surface area contributed by atoms with Crippen LogP contribution in [-0.2, 0) is 11.3 Å². The van der Waals surface area contributed by atoms with Gasteiger partial charge in [0.15, 0.2) is 0 Å². The average molecular weight is 279 g/mol. The smallest absolute Gasteiger partial charge is 0.231 e. The Kier molecular flexibility index (Phi) is 6.38. The molecule has 1 aromatic heterocycles. The molecule has 0 saturated heterocycles. The summed E-state index contributed by atoms with van der Waals surface area (Å²) >= 11 is 0. The molecule has 0 unspecified atom stereocenters. The SMILES string of the molecule is CCCNc1cc(C)nc(CN(CC(N)=O)C(C)C)n1. The molecule has 20 heavy (non-hydrogen) atoms. The van der Waals surface area contributed by atoms with Crippen LogP contribution in [0.1, 0.15) is 38.7 Å². The van der Waals surface area contributed by atoms with Crippen molar-refractivity contribution in [3.8, 4) is 0 Å². The molecule has 0 spiro atoms. The van der Waals surface area contributed by atoms with Gasteiger partial charge in [-0.3, -0.25) is 9.69 Å². The maximum atomic E-state index is 11.1. The second-order valence-electron chi connectivity index (χ2n) is 5.20. The van der Waals surface area contributed by atoms with Gasteiger partial charge in [0.05, 0.1) is 13.1 Å². The van der Waals surface area contributed by atoms with Gasteiger partial charge in [0.25, 0.3) is 0 Å². The second kappa shape index (κ2) is 7.79. The molecular weight excluding hydrogens is 254 g/mol. The van der Waals surface area contributed by atoms with Gasteiger partial charge in [-0.25, -0.2) is 9.97 Å². The molecule has 1 heterocycles. The van der Waals surface area contributed by atoms with Gasteiger partial charge in [0.2, 0.25) is 5.91 Å². The van der Waals surface area contributed by atoms with Crippen LogP contribution in [0.5, 0.6) is 0 Å². The van der Waals surface area contributed by atoms with Crippen molar-refractivity contribution in [1.82, 2.24) is 14.9 Å². The Morgan fingerprint density at radius 3 is 2.70 bits per heavy atom. The summed E-state index contributed by atoms with van der Waals surface area (Å²) in [6, 6.07) is 2.13. The molecule has 1 amide bonds. The summed E-state index contributed by atoms with van der Waals surface area (Å²) in [7, 11) is 0. The van der Waals surface area contributed by atoms with Crippen LogP contribution in [0, 0.1) is 6.92 Å². The fourth-order valence-electron chi connectivity index (χ4n) is 1.85. The summed E-state index contributed by atoms with van der Waals surface area (Å²) in [6.07, 6.45) is 1.04. The highest BCUT2D eigenvalue weighted by Gasteiger charge is 2.15. The van der Waals surface area contributed by atoms with Gasteiger partial charge in [-0.2, -0.15) is 0 Å². The van der Waals surface area contributed by atoms with Crippen molar-refractivity contribution in [3.05, 3.63) is 17.6 Å². The monoisotopic (exact) mass is 279 g/mol. The number of carbonyl (C=O) groups is 1. The van der Waals surface area contributed by atoms with E-state index in [0.29, 0.717) is 12.4 Å². The van der Waals surface area contributed by atoms with Gasteiger partial charge < -0.3 is 11.1 Å². The normalized spacial score (nSPS) is 11.1. The third-order valence-electron chi connectivity index (χ3n) is 2.89. The number of nitrogens with two attached hydrogens (primary N) is 1. The number of rotatable bonds is 8. The van der Waals surface area contributed by atoms with E-state index < -0.39 is 0 Å². The molecule has 0 aromatic carbocycles. The Balaban J connectivity index is 2.83. The standard InChI is InChI=1S/C14H25N5O/c1-5-6-16-13-7-11(4)17-14(18-13)9-19(10(2)3)8-12(15)20/h7,10H,5-6,8-9H2,1-4H3,(H2,15,20)(H,16,17,18). The Morgan fingerprint density at radius 2 is 2.15 bits per heavy atom. The lowest BCUT2D eigenvalue weighted by atomic mass is 10.3. The molecule has 0 saturated carbocycles. The Morgan fingerprint density at radius 1 is 1.45 bits per heavy atom. The third kappa shape index (κ3) is 5.52. The van der Waals surface area contributed by atoms with Gasteiger partial charge in [0, 0.05) is 24.3 Å². The number of amides is 1. The predicted molar refractivity (Wildman–Crippen MR) is 80.3 cm³/mol. The fraction of sp³-hybridized carbons (Fsp3) is 0.643. The van der Waals surface area contributed by atoms with Gasteiger partial charge in [0.1, 0.15) is 11.6 Å². The van der Waals surface area contributed by atoms with Gasteiger partial charge in [-0.1, -0.05) is 6.92 Å². The molecule has 0 aliphatic rings. The highest BCUT2D eigenvalue weighted by atomic mass is 16.1. The summed E-state index contributed by atoms with van der Waals surface area (Å²) in [4.78, 5) is 22.0. The van der Waals surface area contributed by atoms with Crippen molar-refractivity contribution < 1.29 is 4.79 Å². The fourth-order valence-corrected chi connectivity index (χ4v) is 1.85. The molecule has 0 radical (unpaired) electrons. The van der Waals surface area contributed by atoms with Crippen LogP contribution in [0.15, 0.2) is 6.07 Å². The Bertz CT molecular complexity index is 447. The maximum Gasteiger partial charge on any atom is 0.231 e. The van der Waals surface area contributed by atoms with E-state index in [-0.39, 0.29) is 18.5 Å². The number of aryl methyl sites for hydroxylation is 1. The minimum Gasteiger partial charge on any atom is -0.370 e. The van der Waals surface area contributed by atoms with Crippen LogP contribution in [0.3, 0.4) is 0 Å². The van der Waals surface area contributed by atoms with E-state index >= 15 is 0 Å². The number of carbonyl (C=O) groups excluding carboxylic acids is 1. The van der Waals surface area contributed by atoms with E-state index in [1.54, 1.807) is 0 Å². The molecule has 0 bridgehead atoms. The number of nitrogens with one attached hydrogen (secondary N) is 1. The van der Waals surface area contributed by atoms with Gasteiger partial charge >= 0.3 is 0 Å². The summed E-state index contributed by atoms with van der Waals surface area (Å²) in [5.74, 6) is 1.20. The summed E-state index contributed by atoms with van der Waals surface area (Å²) in [5, 5.41) is 3.26. The number of anilines is 1. The number of hydrogen-bond acceptors (Lipinski definition) is 5. The summed E-state index contributed by atoms with van der Waals surface area (Å²) < 4.78 is 0.